The van der Waals surface area contributed by atoms with E-state index in [2.05, 4.69) is 5.32 Å². The second-order valence-corrected chi connectivity index (χ2v) is 3.94. The zero-order valence-electron chi connectivity index (χ0n) is 9.47. The van der Waals surface area contributed by atoms with Gasteiger partial charge >= 0.3 is 6.18 Å². The molecule has 0 radical (unpaired) electrons. The maximum absolute atomic E-state index is 11.9. The van der Waals surface area contributed by atoms with Crippen molar-refractivity contribution in [2.24, 2.45) is 0 Å². The van der Waals surface area contributed by atoms with E-state index in [0.29, 0.717) is 10.8 Å². The zero-order chi connectivity index (χ0) is 13.8. The molecule has 1 rings (SSSR count). The van der Waals surface area contributed by atoms with Gasteiger partial charge in [-0.05, 0) is 18.2 Å². The maximum Gasteiger partial charge on any atom is 0.389 e. The van der Waals surface area contributed by atoms with Gasteiger partial charge in [0.25, 0.3) is 0 Å². The molecular formula is C11H11ClF3NO2. The first kappa shape index (κ1) is 14.6. The van der Waals surface area contributed by atoms with Gasteiger partial charge in [-0.2, -0.15) is 13.2 Å². The summed E-state index contributed by atoms with van der Waals surface area (Å²) in [6.45, 7) is 0. The third-order valence-corrected chi connectivity index (χ3v) is 2.31. The number of halogens is 4. The summed E-state index contributed by atoms with van der Waals surface area (Å²) in [4.78, 5) is 11.3. The molecule has 0 saturated heterocycles. The Balaban J connectivity index is 2.66. The Morgan fingerprint density at radius 2 is 2.11 bits per heavy atom. The fourth-order valence-corrected chi connectivity index (χ4v) is 1.42. The number of carbonyl (C=O) groups is 1. The smallest absolute Gasteiger partial charge is 0.389 e. The van der Waals surface area contributed by atoms with Crippen LogP contribution in [0.1, 0.15) is 12.8 Å². The van der Waals surface area contributed by atoms with Crippen LogP contribution in [0.3, 0.4) is 0 Å². The fourth-order valence-electron chi connectivity index (χ4n) is 1.25. The molecule has 0 aromatic heterocycles. The first-order chi connectivity index (χ1) is 8.31. The molecule has 0 unspecified atom stereocenters. The van der Waals surface area contributed by atoms with Crippen molar-refractivity contribution in [1.82, 2.24) is 0 Å². The van der Waals surface area contributed by atoms with Crippen LogP contribution in [0, 0.1) is 0 Å². The highest BCUT2D eigenvalue weighted by atomic mass is 35.5. The number of amides is 1. The minimum atomic E-state index is -4.35. The average Bonchev–Trinajstić information content (AvgIpc) is 2.26. The van der Waals surface area contributed by atoms with Crippen molar-refractivity contribution in [2.45, 2.75) is 19.0 Å². The summed E-state index contributed by atoms with van der Waals surface area (Å²) in [5.74, 6) is -0.410. The Bertz CT molecular complexity index is 435. The number of alkyl halides is 3. The molecule has 1 amide bonds. The van der Waals surface area contributed by atoms with E-state index >= 15 is 0 Å². The molecule has 0 aliphatic heterocycles. The van der Waals surface area contributed by atoms with Crippen LogP contribution < -0.4 is 10.1 Å². The van der Waals surface area contributed by atoms with Crippen molar-refractivity contribution in [1.29, 1.82) is 0 Å². The largest absolute Gasteiger partial charge is 0.495 e. The molecule has 100 valence electrons. The first-order valence-corrected chi connectivity index (χ1v) is 5.40. The van der Waals surface area contributed by atoms with E-state index in [1.54, 1.807) is 6.07 Å². The number of nitrogens with one attached hydrogen (secondary N) is 1. The van der Waals surface area contributed by atoms with E-state index in [1.165, 1.54) is 19.2 Å². The monoisotopic (exact) mass is 281 g/mol. The van der Waals surface area contributed by atoms with Crippen LogP contribution in [0.5, 0.6) is 5.75 Å². The summed E-state index contributed by atoms with van der Waals surface area (Å²) in [5.41, 5.74) is 0.247. The number of benzene rings is 1. The van der Waals surface area contributed by atoms with Crippen molar-refractivity contribution >= 4 is 23.2 Å². The second-order valence-electron chi connectivity index (χ2n) is 3.51. The molecule has 0 fully saturated rings. The highest BCUT2D eigenvalue weighted by molar-refractivity contribution is 6.31. The normalized spacial score (nSPS) is 11.2. The Morgan fingerprint density at radius 3 is 2.67 bits per heavy atom. The number of hydrogen-bond donors (Lipinski definition) is 1. The van der Waals surface area contributed by atoms with Crippen molar-refractivity contribution in [3.8, 4) is 5.75 Å². The van der Waals surface area contributed by atoms with Gasteiger partial charge in [-0.15, -0.1) is 0 Å². The number of hydrogen-bond acceptors (Lipinski definition) is 2. The molecule has 3 nitrogen and oxygen atoms in total. The number of rotatable bonds is 4. The molecule has 1 aromatic rings. The number of ether oxygens (including phenoxy) is 1. The van der Waals surface area contributed by atoms with Gasteiger partial charge in [0.2, 0.25) is 5.91 Å². The van der Waals surface area contributed by atoms with Gasteiger partial charge in [-0.25, -0.2) is 0 Å². The van der Waals surface area contributed by atoms with Crippen molar-refractivity contribution in [3.05, 3.63) is 23.2 Å². The summed E-state index contributed by atoms with van der Waals surface area (Å²) in [6, 6.07) is 4.47. The van der Waals surface area contributed by atoms with Crippen LogP contribution in [-0.4, -0.2) is 19.2 Å². The lowest BCUT2D eigenvalue weighted by molar-refractivity contribution is -0.142. The lowest BCUT2D eigenvalue weighted by atomic mass is 10.2. The van der Waals surface area contributed by atoms with Gasteiger partial charge in [0, 0.05) is 11.4 Å². The number of methoxy groups -OCH3 is 1. The van der Waals surface area contributed by atoms with E-state index in [0.717, 1.165) is 0 Å². The van der Waals surface area contributed by atoms with Crippen molar-refractivity contribution < 1.29 is 22.7 Å². The third-order valence-electron chi connectivity index (χ3n) is 2.07. The minimum absolute atomic E-state index is 0.247. The van der Waals surface area contributed by atoms with Crippen molar-refractivity contribution in [2.75, 3.05) is 12.4 Å². The van der Waals surface area contributed by atoms with E-state index in [9.17, 15) is 18.0 Å². The topological polar surface area (TPSA) is 38.3 Å². The number of carbonyl (C=O) groups excluding carboxylic acids is 1. The predicted octanol–water partition coefficient (Wildman–Crippen LogP) is 3.63. The minimum Gasteiger partial charge on any atom is -0.495 e. The Kier molecular flexibility index (Phi) is 4.84. The lowest BCUT2D eigenvalue weighted by Crippen LogP contribution is -2.16. The van der Waals surface area contributed by atoms with Crippen LogP contribution in [0.15, 0.2) is 18.2 Å². The van der Waals surface area contributed by atoms with Crippen LogP contribution in [0.25, 0.3) is 0 Å². The van der Waals surface area contributed by atoms with E-state index in [4.69, 9.17) is 16.3 Å². The zero-order valence-corrected chi connectivity index (χ0v) is 10.2. The highest BCUT2D eigenvalue weighted by Crippen LogP contribution is 2.28. The molecule has 0 aliphatic carbocycles. The molecule has 1 N–H and O–H groups in total. The fraction of sp³-hybridized carbons (Fsp3) is 0.364. The third kappa shape index (κ3) is 4.83. The Labute approximate surface area is 107 Å². The van der Waals surface area contributed by atoms with E-state index < -0.39 is 24.9 Å². The van der Waals surface area contributed by atoms with Gasteiger partial charge in [0.1, 0.15) is 5.75 Å². The average molecular weight is 282 g/mol. The maximum atomic E-state index is 11.9. The van der Waals surface area contributed by atoms with Gasteiger partial charge in [0.15, 0.2) is 0 Å². The molecule has 7 heteroatoms. The van der Waals surface area contributed by atoms with Crippen molar-refractivity contribution in [3.63, 3.8) is 0 Å². The second kappa shape index (κ2) is 5.95. The standard InChI is InChI=1S/C11H11ClF3NO2/c1-18-9-3-2-7(12)6-8(9)16-10(17)4-5-11(13,14)15/h2-3,6H,4-5H2,1H3,(H,16,17). The summed E-state index contributed by atoms with van der Waals surface area (Å²) in [6.07, 6.45) is -6.16. The van der Waals surface area contributed by atoms with Crippen LogP contribution >= 0.6 is 11.6 Å². The SMILES string of the molecule is COc1ccc(Cl)cc1NC(=O)CCC(F)(F)F. The van der Waals surface area contributed by atoms with Gasteiger partial charge in [-0.1, -0.05) is 11.6 Å². The summed E-state index contributed by atoms with van der Waals surface area (Å²) in [5, 5.41) is 2.68. The molecule has 0 heterocycles. The first-order valence-electron chi connectivity index (χ1n) is 5.02. The molecular weight excluding hydrogens is 271 g/mol. The molecule has 1 aromatic carbocycles. The molecule has 0 spiro atoms. The highest BCUT2D eigenvalue weighted by Gasteiger charge is 2.28. The Morgan fingerprint density at radius 1 is 1.44 bits per heavy atom. The predicted molar refractivity (Wildman–Crippen MR) is 61.9 cm³/mol. The van der Waals surface area contributed by atoms with E-state index in [1.807, 2.05) is 0 Å². The number of anilines is 1. The lowest BCUT2D eigenvalue weighted by Gasteiger charge is -2.11. The summed E-state index contributed by atoms with van der Waals surface area (Å²) >= 11 is 5.72. The quantitative estimate of drug-likeness (QED) is 0.915. The van der Waals surface area contributed by atoms with Gasteiger partial charge < -0.3 is 10.1 Å². The van der Waals surface area contributed by atoms with Gasteiger partial charge in [-0.3, -0.25) is 4.79 Å². The van der Waals surface area contributed by atoms with E-state index in [-0.39, 0.29) is 5.69 Å². The molecule has 0 saturated carbocycles. The summed E-state index contributed by atoms with van der Waals surface area (Å²) in [7, 11) is 1.38. The summed E-state index contributed by atoms with van der Waals surface area (Å²) < 4.78 is 40.8. The molecule has 0 bridgehead atoms. The van der Waals surface area contributed by atoms with Crippen LogP contribution in [0.4, 0.5) is 18.9 Å². The van der Waals surface area contributed by atoms with Gasteiger partial charge in [0.05, 0.1) is 19.2 Å². The Hall–Kier alpha value is -1.43. The van der Waals surface area contributed by atoms with Crippen LogP contribution in [-0.2, 0) is 4.79 Å². The molecule has 18 heavy (non-hydrogen) atoms. The van der Waals surface area contributed by atoms with Crippen LogP contribution in [0.2, 0.25) is 5.02 Å². The molecule has 0 aliphatic rings. The molecule has 0 atom stereocenters.